The fraction of sp³-hybridized carbons (Fsp3) is 0.708. The number of anilines is 1. The Balaban J connectivity index is 1.43. The van der Waals surface area contributed by atoms with E-state index in [4.69, 9.17) is 0 Å². The predicted octanol–water partition coefficient (Wildman–Crippen LogP) is 2.51. The van der Waals surface area contributed by atoms with Gasteiger partial charge in [-0.25, -0.2) is 9.98 Å². The summed E-state index contributed by atoms with van der Waals surface area (Å²) in [6, 6.07) is -0.171. The summed E-state index contributed by atoms with van der Waals surface area (Å²) in [4.78, 5) is 40.4. The molecule has 3 aliphatic rings. The van der Waals surface area contributed by atoms with Crippen LogP contribution in [-0.2, 0) is 9.53 Å². The molecule has 2 amide bonds. The highest BCUT2D eigenvalue weighted by atomic mass is 19.3. The maximum absolute atomic E-state index is 13.2. The van der Waals surface area contributed by atoms with Gasteiger partial charge in [0.2, 0.25) is 11.9 Å². The number of hydrogen-bond donors (Lipinski definition) is 3. The zero-order valence-corrected chi connectivity index (χ0v) is 20.2. The number of aliphatic imine (C=N–C) groups is 1. The van der Waals surface area contributed by atoms with E-state index in [0.29, 0.717) is 25.9 Å². The van der Waals surface area contributed by atoms with Gasteiger partial charge in [0.25, 0.3) is 5.91 Å². The standard InChI is InChI=1S/C24H34F2N6O4/c25-23(26)36-11-9-27-24-29-13-19(20(31-24)28-12-15-3-7-18(33)8-4-15)21(34)30-17-2-1-10-32(14-17)22(35)16-5-6-16/h12-13,15-18,23,33H,1-11,14H2,(H,30,34)(H,27,29,31)/b28-12-/t15?,17-,18?/m0/s1. The van der Waals surface area contributed by atoms with Crippen molar-refractivity contribution in [1.82, 2.24) is 20.2 Å². The van der Waals surface area contributed by atoms with Crippen LogP contribution >= 0.6 is 0 Å². The van der Waals surface area contributed by atoms with Crippen LogP contribution in [0.5, 0.6) is 0 Å². The second kappa shape index (κ2) is 12.5. The second-order valence-corrected chi connectivity index (χ2v) is 9.71. The average molecular weight is 509 g/mol. The Morgan fingerprint density at radius 1 is 1.22 bits per heavy atom. The maximum Gasteiger partial charge on any atom is 0.345 e. The molecule has 0 spiro atoms. The van der Waals surface area contributed by atoms with Crippen molar-refractivity contribution in [2.75, 3.05) is 31.6 Å². The van der Waals surface area contributed by atoms with Gasteiger partial charge in [-0.3, -0.25) is 9.59 Å². The van der Waals surface area contributed by atoms with Gasteiger partial charge in [-0.15, -0.1) is 0 Å². The van der Waals surface area contributed by atoms with Gasteiger partial charge in [0.1, 0.15) is 5.56 Å². The molecule has 2 aliphatic carbocycles. The summed E-state index contributed by atoms with van der Waals surface area (Å²) in [5.74, 6) is 0.421. The number of amides is 2. The van der Waals surface area contributed by atoms with E-state index in [1.54, 1.807) is 6.21 Å². The molecule has 1 aromatic heterocycles. The first-order chi connectivity index (χ1) is 17.4. The number of aliphatic hydroxyl groups excluding tert-OH is 1. The summed E-state index contributed by atoms with van der Waals surface area (Å²) in [5.41, 5.74) is 0.196. The summed E-state index contributed by atoms with van der Waals surface area (Å²) in [6.07, 6.45) is 9.29. The molecule has 0 radical (unpaired) electrons. The van der Waals surface area contributed by atoms with Crippen molar-refractivity contribution in [3.63, 3.8) is 0 Å². The van der Waals surface area contributed by atoms with E-state index in [-0.39, 0.29) is 66.3 Å². The summed E-state index contributed by atoms with van der Waals surface area (Å²) in [6.45, 7) is -1.83. The molecule has 1 aromatic rings. The highest BCUT2D eigenvalue weighted by Gasteiger charge is 2.35. The molecule has 10 nitrogen and oxygen atoms in total. The van der Waals surface area contributed by atoms with Gasteiger partial charge in [-0.2, -0.15) is 13.8 Å². The third-order valence-corrected chi connectivity index (χ3v) is 6.79. The van der Waals surface area contributed by atoms with Crippen LogP contribution in [0.1, 0.15) is 61.7 Å². The van der Waals surface area contributed by atoms with Crippen LogP contribution in [0.3, 0.4) is 0 Å². The zero-order chi connectivity index (χ0) is 25.5. The van der Waals surface area contributed by atoms with Gasteiger partial charge in [-0.1, -0.05) is 0 Å². The molecule has 198 valence electrons. The highest BCUT2D eigenvalue weighted by molar-refractivity contribution is 5.98. The first kappa shape index (κ1) is 26.3. The van der Waals surface area contributed by atoms with Crippen molar-refractivity contribution in [3.8, 4) is 0 Å². The van der Waals surface area contributed by atoms with Crippen LogP contribution in [0.4, 0.5) is 20.5 Å². The summed E-state index contributed by atoms with van der Waals surface area (Å²) in [5, 5.41) is 15.5. The first-order valence-corrected chi connectivity index (χ1v) is 12.7. The summed E-state index contributed by atoms with van der Waals surface area (Å²) < 4.78 is 28.6. The van der Waals surface area contributed by atoms with Gasteiger partial charge in [-0.05, 0) is 57.3 Å². The third kappa shape index (κ3) is 7.63. The fourth-order valence-corrected chi connectivity index (χ4v) is 4.60. The molecule has 0 aromatic carbocycles. The molecule has 12 heteroatoms. The largest absolute Gasteiger partial charge is 0.393 e. The van der Waals surface area contributed by atoms with Gasteiger partial charge in [0, 0.05) is 44.0 Å². The number of aromatic nitrogens is 2. The topological polar surface area (TPSA) is 129 Å². The van der Waals surface area contributed by atoms with Crippen molar-refractivity contribution >= 4 is 29.8 Å². The van der Waals surface area contributed by atoms with Crippen molar-refractivity contribution in [3.05, 3.63) is 11.8 Å². The van der Waals surface area contributed by atoms with Crippen molar-refractivity contribution < 1.29 is 28.2 Å². The lowest BCUT2D eigenvalue weighted by atomic mass is 9.88. The Hall–Kier alpha value is -2.73. The quantitative estimate of drug-likeness (QED) is 0.327. The lowest BCUT2D eigenvalue weighted by molar-refractivity contribution is -0.133. The van der Waals surface area contributed by atoms with E-state index in [1.165, 1.54) is 6.20 Å². The zero-order valence-electron chi connectivity index (χ0n) is 20.2. The molecule has 2 saturated carbocycles. The molecule has 3 fully saturated rings. The Morgan fingerprint density at radius 2 is 2.00 bits per heavy atom. The van der Waals surface area contributed by atoms with E-state index in [0.717, 1.165) is 38.5 Å². The van der Waals surface area contributed by atoms with Crippen molar-refractivity contribution in [2.45, 2.75) is 70.1 Å². The Labute approximate surface area is 208 Å². The van der Waals surface area contributed by atoms with Crippen LogP contribution in [0.15, 0.2) is 11.2 Å². The van der Waals surface area contributed by atoms with Crippen molar-refractivity contribution in [1.29, 1.82) is 0 Å². The number of carbonyl (C=O) groups is 2. The number of nitrogens with zero attached hydrogens (tertiary/aromatic N) is 4. The van der Waals surface area contributed by atoms with Crippen LogP contribution in [0, 0.1) is 11.8 Å². The number of ether oxygens (including phenoxy) is 1. The van der Waals surface area contributed by atoms with Gasteiger partial charge in [0.15, 0.2) is 5.82 Å². The minimum atomic E-state index is -2.86. The molecule has 36 heavy (non-hydrogen) atoms. The molecule has 1 saturated heterocycles. The Kier molecular flexibility index (Phi) is 9.13. The summed E-state index contributed by atoms with van der Waals surface area (Å²) in [7, 11) is 0. The number of alkyl halides is 2. The van der Waals surface area contributed by atoms with Crippen molar-refractivity contribution in [2.24, 2.45) is 16.8 Å². The van der Waals surface area contributed by atoms with Crippen LogP contribution in [0.25, 0.3) is 0 Å². The van der Waals surface area contributed by atoms with E-state index >= 15 is 0 Å². The number of halogens is 2. The predicted molar refractivity (Wildman–Crippen MR) is 128 cm³/mol. The maximum atomic E-state index is 13.2. The molecule has 2 heterocycles. The Bertz CT molecular complexity index is 937. The fourth-order valence-electron chi connectivity index (χ4n) is 4.60. The SMILES string of the molecule is O=C(N[C@H]1CCCN(C(=O)C2CC2)C1)c1cnc(NCCOC(F)F)nc1/N=C\C1CCC(O)CC1. The monoisotopic (exact) mass is 508 g/mol. The summed E-state index contributed by atoms with van der Waals surface area (Å²) >= 11 is 0. The van der Waals surface area contributed by atoms with E-state index in [9.17, 15) is 23.5 Å². The minimum Gasteiger partial charge on any atom is -0.393 e. The van der Waals surface area contributed by atoms with Gasteiger partial charge < -0.3 is 25.4 Å². The molecule has 0 unspecified atom stereocenters. The van der Waals surface area contributed by atoms with Crippen LogP contribution in [0.2, 0.25) is 0 Å². The van der Waals surface area contributed by atoms with Crippen LogP contribution < -0.4 is 10.6 Å². The molecule has 3 N–H and O–H groups in total. The molecular weight excluding hydrogens is 474 g/mol. The number of rotatable bonds is 10. The van der Waals surface area contributed by atoms with Crippen LogP contribution in [-0.4, -0.2) is 83.0 Å². The number of hydrogen-bond acceptors (Lipinski definition) is 8. The second-order valence-electron chi connectivity index (χ2n) is 9.71. The number of carbonyl (C=O) groups excluding carboxylic acids is 2. The number of aliphatic hydroxyl groups is 1. The van der Waals surface area contributed by atoms with Gasteiger partial charge in [0.05, 0.1) is 12.7 Å². The molecule has 0 bridgehead atoms. The Morgan fingerprint density at radius 3 is 2.72 bits per heavy atom. The minimum absolute atomic E-state index is 0.0620. The lowest BCUT2D eigenvalue weighted by Gasteiger charge is -2.33. The molecule has 4 rings (SSSR count). The number of nitrogens with one attached hydrogen (secondary N) is 2. The molecular formula is C24H34F2N6O4. The molecule has 1 aliphatic heterocycles. The normalized spacial score (nSPS) is 24.8. The third-order valence-electron chi connectivity index (χ3n) is 6.79. The van der Waals surface area contributed by atoms with Gasteiger partial charge >= 0.3 is 6.61 Å². The smallest absolute Gasteiger partial charge is 0.345 e. The van der Waals surface area contributed by atoms with E-state index < -0.39 is 6.61 Å². The first-order valence-electron chi connectivity index (χ1n) is 12.7. The highest BCUT2D eigenvalue weighted by Crippen LogP contribution is 2.32. The van der Waals surface area contributed by atoms with E-state index in [2.05, 4.69) is 30.3 Å². The number of likely N-dealkylation sites (tertiary alicyclic amines) is 1. The molecule has 1 atom stereocenters. The van der Waals surface area contributed by atoms with E-state index in [1.807, 2.05) is 4.90 Å². The number of piperidine rings is 1. The lowest BCUT2D eigenvalue weighted by Crippen LogP contribution is -2.50. The average Bonchev–Trinajstić information content (AvgIpc) is 3.71.